The molecular formula is C10H9N3O4. The zero-order valence-corrected chi connectivity index (χ0v) is 8.84. The van der Waals surface area contributed by atoms with Crippen molar-refractivity contribution in [2.75, 3.05) is 5.32 Å². The molecule has 1 aromatic heterocycles. The summed E-state index contributed by atoms with van der Waals surface area (Å²) in [6, 6.07) is 3.54. The number of aromatic hydroxyl groups is 2. The summed E-state index contributed by atoms with van der Waals surface area (Å²) >= 11 is 0. The van der Waals surface area contributed by atoms with Crippen LogP contribution in [0.3, 0.4) is 0 Å². The number of hydrogen-bond acceptors (Lipinski definition) is 6. The molecule has 7 nitrogen and oxygen atoms in total. The first-order valence-electron chi connectivity index (χ1n) is 4.69. The molecule has 2 rings (SSSR count). The Kier molecular flexibility index (Phi) is 2.65. The van der Waals surface area contributed by atoms with Crippen molar-refractivity contribution in [1.82, 2.24) is 10.2 Å². The summed E-state index contributed by atoms with van der Waals surface area (Å²) in [5, 5.41) is 28.1. The Balaban J connectivity index is 2.22. The van der Waals surface area contributed by atoms with Gasteiger partial charge in [0, 0.05) is 6.92 Å². The van der Waals surface area contributed by atoms with Crippen LogP contribution in [-0.2, 0) is 0 Å². The van der Waals surface area contributed by atoms with Crippen molar-refractivity contribution in [1.29, 1.82) is 0 Å². The number of anilines is 1. The zero-order valence-electron chi connectivity index (χ0n) is 8.84. The quantitative estimate of drug-likeness (QED) is 0.671. The van der Waals surface area contributed by atoms with Gasteiger partial charge in [0.25, 0.3) is 5.91 Å². The Labute approximate surface area is 95.7 Å². The molecule has 0 saturated heterocycles. The second-order valence-electron chi connectivity index (χ2n) is 3.28. The van der Waals surface area contributed by atoms with E-state index in [1.807, 2.05) is 0 Å². The Hall–Kier alpha value is -2.57. The highest BCUT2D eigenvalue weighted by molar-refractivity contribution is 6.05. The highest BCUT2D eigenvalue weighted by Crippen LogP contribution is 2.22. The lowest BCUT2D eigenvalue weighted by molar-refractivity contribution is 0.102. The molecule has 1 amide bonds. The molecule has 0 bridgehead atoms. The van der Waals surface area contributed by atoms with Gasteiger partial charge in [0.05, 0.1) is 5.56 Å². The van der Waals surface area contributed by atoms with Crippen molar-refractivity contribution < 1.29 is 19.4 Å². The van der Waals surface area contributed by atoms with Crippen LogP contribution in [0.5, 0.6) is 11.5 Å². The van der Waals surface area contributed by atoms with E-state index in [2.05, 4.69) is 15.5 Å². The fourth-order valence-electron chi connectivity index (χ4n) is 1.22. The fourth-order valence-corrected chi connectivity index (χ4v) is 1.22. The summed E-state index contributed by atoms with van der Waals surface area (Å²) in [5.41, 5.74) is -0.0825. The van der Waals surface area contributed by atoms with Crippen LogP contribution in [-0.4, -0.2) is 26.3 Å². The van der Waals surface area contributed by atoms with Gasteiger partial charge in [-0.15, -0.1) is 5.10 Å². The number of rotatable bonds is 2. The second-order valence-corrected chi connectivity index (χ2v) is 3.28. The Morgan fingerprint density at radius 1 is 1.35 bits per heavy atom. The van der Waals surface area contributed by atoms with Crippen LogP contribution in [0.2, 0.25) is 0 Å². The van der Waals surface area contributed by atoms with Crippen LogP contribution in [0.25, 0.3) is 0 Å². The van der Waals surface area contributed by atoms with Crippen LogP contribution in [0.1, 0.15) is 16.2 Å². The summed E-state index contributed by atoms with van der Waals surface area (Å²) in [4.78, 5) is 11.7. The minimum atomic E-state index is -0.651. The van der Waals surface area contributed by atoms with E-state index in [1.54, 1.807) is 6.92 Å². The molecule has 1 heterocycles. The maximum Gasteiger partial charge on any atom is 0.322 e. The molecule has 0 atom stereocenters. The van der Waals surface area contributed by atoms with Crippen LogP contribution >= 0.6 is 0 Å². The highest BCUT2D eigenvalue weighted by atomic mass is 16.4. The monoisotopic (exact) mass is 235 g/mol. The number of aromatic nitrogens is 2. The average molecular weight is 235 g/mol. The standard InChI is InChI=1S/C10H9N3O4/c1-5-12-13-10(17-5)11-9(16)7-4-6(14)2-3-8(7)15/h2-4,14-15H,1H3,(H,11,13,16). The SMILES string of the molecule is Cc1nnc(NC(=O)c2cc(O)ccc2O)o1. The number of carbonyl (C=O) groups is 1. The molecule has 0 fully saturated rings. The van der Waals surface area contributed by atoms with Crippen molar-refractivity contribution in [3.63, 3.8) is 0 Å². The zero-order chi connectivity index (χ0) is 12.4. The number of carbonyl (C=O) groups excluding carboxylic acids is 1. The molecule has 0 aliphatic heterocycles. The molecule has 88 valence electrons. The van der Waals surface area contributed by atoms with Gasteiger partial charge in [-0.2, -0.15) is 0 Å². The van der Waals surface area contributed by atoms with Gasteiger partial charge in [-0.1, -0.05) is 5.10 Å². The number of amides is 1. The van der Waals surface area contributed by atoms with Gasteiger partial charge in [0.15, 0.2) is 0 Å². The van der Waals surface area contributed by atoms with Crippen molar-refractivity contribution in [3.05, 3.63) is 29.7 Å². The van der Waals surface area contributed by atoms with Gasteiger partial charge in [-0.25, -0.2) is 0 Å². The van der Waals surface area contributed by atoms with Crippen LogP contribution in [0, 0.1) is 6.92 Å². The van der Waals surface area contributed by atoms with Crippen molar-refractivity contribution >= 4 is 11.9 Å². The lowest BCUT2D eigenvalue weighted by atomic mass is 10.2. The molecular weight excluding hydrogens is 226 g/mol. The summed E-state index contributed by atoms with van der Waals surface area (Å²) in [6.45, 7) is 1.58. The first kappa shape index (κ1) is 10.9. The molecule has 0 saturated carbocycles. The van der Waals surface area contributed by atoms with E-state index in [0.717, 1.165) is 6.07 Å². The van der Waals surface area contributed by atoms with Crippen molar-refractivity contribution in [2.24, 2.45) is 0 Å². The van der Waals surface area contributed by atoms with Crippen LogP contribution in [0.4, 0.5) is 6.01 Å². The summed E-state index contributed by atoms with van der Waals surface area (Å²) < 4.78 is 4.95. The van der Waals surface area contributed by atoms with Crippen molar-refractivity contribution in [2.45, 2.75) is 6.92 Å². The molecule has 2 aromatic rings. The molecule has 17 heavy (non-hydrogen) atoms. The van der Waals surface area contributed by atoms with E-state index in [9.17, 15) is 15.0 Å². The number of phenolic OH excluding ortho intramolecular Hbond substituents is 2. The Morgan fingerprint density at radius 2 is 2.12 bits per heavy atom. The number of aryl methyl sites for hydroxylation is 1. The third kappa shape index (κ3) is 2.33. The Morgan fingerprint density at radius 3 is 2.76 bits per heavy atom. The first-order valence-corrected chi connectivity index (χ1v) is 4.69. The largest absolute Gasteiger partial charge is 0.508 e. The van der Waals surface area contributed by atoms with Gasteiger partial charge < -0.3 is 14.6 Å². The summed E-state index contributed by atoms with van der Waals surface area (Å²) in [6.07, 6.45) is 0. The van der Waals surface area contributed by atoms with Crippen LogP contribution in [0.15, 0.2) is 22.6 Å². The Bertz CT molecular complexity index is 564. The number of benzene rings is 1. The highest BCUT2D eigenvalue weighted by Gasteiger charge is 2.14. The lowest BCUT2D eigenvalue weighted by Crippen LogP contribution is -2.12. The third-order valence-corrected chi connectivity index (χ3v) is 1.97. The minimum Gasteiger partial charge on any atom is -0.508 e. The van der Waals surface area contributed by atoms with E-state index in [-0.39, 0.29) is 23.1 Å². The summed E-state index contributed by atoms with van der Waals surface area (Å²) in [5.74, 6) is -0.728. The molecule has 0 aliphatic carbocycles. The van der Waals surface area contributed by atoms with E-state index in [4.69, 9.17) is 4.42 Å². The number of nitrogens with one attached hydrogen (secondary N) is 1. The third-order valence-electron chi connectivity index (χ3n) is 1.97. The van der Waals surface area contributed by atoms with Gasteiger partial charge in [-0.05, 0) is 18.2 Å². The van der Waals surface area contributed by atoms with Gasteiger partial charge >= 0.3 is 6.01 Å². The van der Waals surface area contributed by atoms with E-state index in [1.165, 1.54) is 12.1 Å². The summed E-state index contributed by atoms with van der Waals surface area (Å²) in [7, 11) is 0. The van der Waals surface area contributed by atoms with E-state index >= 15 is 0 Å². The molecule has 0 unspecified atom stereocenters. The number of hydrogen-bond donors (Lipinski definition) is 3. The average Bonchev–Trinajstić information content (AvgIpc) is 2.67. The fraction of sp³-hybridized carbons (Fsp3) is 0.100. The molecule has 0 aliphatic rings. The lowest BCUT2D eigenvalue weighted by Gasteiger charge is -2.03. The van der Waals surface area contributed by atoms with E-state index < -0.39 is 5.91 Å². The normalized spacial score (nSPS) is 10.2. The van der Waals surface area contributed by atoms with Gasteiger partial charge in [0.1, 0.15) is 11.5 Å². The number of phenols is 2. The molecule has 0 spiro atoms. The maximum atomic E-state index is 11.7. The number of nitrogens with zero attached hydrogens (tertiary/aromatic N) is 2. The molecule has 7 heteroatoms. The van der Waals surface area contributed by atoms with Gasteiger partial charge in [-0.3, -0.25) is 10.1 Å². The van der Waals surface area contributed by atoms with Crippen LogP contribution < -0.4 is 5.32 Å². The second kappa shape index (κ2) is 4.12. The van der Waals surface area contributed by atoms with Gasteiger partial charge in [0.2, 0.25) is 5.89 Å². The molecule has 0 radical (unpaired) electrons. The predicted octanol–water partition coefficient (Wildman–Crippen LogP) is 1.04. The maximum absolute atomic E-state index is 11.7. The first-order chi connectivity index (χ1) is 8.06. The topological polar surface area (TPSA) is 108 Å². The minimum absolute atomic E-state index is 0.0738. The van der Waals surface area contributed by atoms with Crippen molar-refractivity contribution in [3.8, 4) is 11.5 Å². The van der Waals surface area contributed by atoms with E-state index in [0.29, 0.717) is 5.89 Å². The molecule has 3 N–H and O–H groups in total. The predicted molar refractivity (Wildman–Crippen MR) is 56.8 cm³/mol. The molecule has 1 aromatic carbocycles. The smallest absolute Gasteiger partial charge is 0.322 e.